The van der Waals surface area contributed by atoms with E-state index in [0.29, 0.717) is 6.54 Å². The van der Waals surface area contributed by atoms with Gasteiger partial charge in [0, 0.05) is 23.4 Å². The summed E-state index contributed by atoms with van der Waals surface area (Å²) in [7, 11) is 3.30. The van der Waals surface area contributed by atoms with E-state index in [2.05, 4.69) is 0 Å². The van der Waals surface area contributed by atoms with Crippen molar-refractivity contribution < 1.29 is 14.3 Å². The number of ether oxygens (including phenoxy) is 2. The summed E-state index contributed by atoms with van der Waals surface area (Å²) in [4.78, 5) is 15.4. The van der Waals surface area contributed by atoms with E-state index in [1.165, 1.54) is 0 Å². The summed E-state index contributed by atoms with van der Waals surface area (Å²) in [6.45, 7) is 0.706. The molecule has 4 nitrogen and oxygen atoms in total. The van der Waals surface area contributed by atoms with Gasteiger partial charge in [0.15, 0.2) is 0 Å². The Bertz CT molecular complexity index is 983. The van der Waals surface area contributed by atoms with Crippen LogP contribution in [0.1, 0.15) is 21.3 Å². The molecule has 0 unspecified atom stereocenters. The highest BCUT2D eigenvalue weighted by Crippen LogP contribution is 2.44. The molecule has 5 heteroatoms. The molecule has 0 aromatic heterocycles. The van der Waals surface area contributed by atoms with Crippen molar-refractivity contribution in [1.29, 1.82) is 0 Å². The van der Waals surface area contributed by atoms with Gasteiger partial charge in [-0.3, -0.25) is 4.79 Å². The number of carbonyl (C=O) groups excluding carboxylic acids is 1. The molecule has 0 bridgehead atoms. The number of rotatable bonds is 4. The molecule has 1 fully saturated rings. The van der Waals surface area contributed by atoms with E-state index in [1.807, 2.05) is 65.6 Å². The van der Waals surface area contributed by atoms with Crippen LogP contribution >= 0.6 is 11.8 Å². The Labute approximate surface area is 163 Å². The summed E-state index contributed by atoms with van der Waals surface area (Å²) in [6, 6.07) is 19.6. The second-order valence-electron chi connectivity index (χ2n) is 6.36. The first kappa shape index (κ1) is 17.7. The monoisotopic (exact) mass is 379 g/mol. The number of hydrogen-bond acceptors (Lipinski definition) is 4. The second-order valence-corrected chi connectivity index (χ2v) is 7.54. The average Bonchev–Trinajstić information content (AvgIpc) is 3.22. The fraction of sp³-hybridized carbons (Fsp3) is 0.227. The Balaban J connectivity index is 1.74. The van der Waals surface area contributed by atoms with E-state index < -0.39 is 0 Å². The summed E-state index contributed by atoms with van der Waals surface area (Å²) in [5, 5.41) is 1.96. The van der Waals surface area contributed by atoms with Crippen LogP contribution in [0.15, 0.2) is 60.7 Å². The predicted octanol–water partition coefficient (Wildman–Crippen LogP) is 4.74. The third-order valence-electron chi connectivity index (χ3n) is 4.87. The first-order chi connectivity index (χ1) is 13.2. The average molecular weight is 379 g/mol. The summed E-state index contributed by atoms with van der Waals surface area (Å²) in [5.74, 6) is 2.47. The maximum Gasteiger partial charge on any atom is 0.255 e. The van der Waals surface area contributed by atoms with Crippen LogP contribution < -0.4 is 9.47 Å². The molecule has 1 amide bonds. The molecule has 0 spiro atoms. The zero-order valence-corrected chi connectivity index (χ0v) is 16.2. The fourth-order valence-electron chi connectivity index (χ4n) is 3.53. The summed E-state index contributed by atoms with van der Waals surface area (Å²) in [6.07, 6.45) is 0. The quantitative estimate of drug-likeness (QED) is 0.656. The van der Waals surface area contributed by atoms with Crippen molar-refractivity contribution in [2.45, 2.75) is 5.37 Å². The van der Waals surface area contributed by atoms with Gasteiger partial charge in [0.2, 0.25) is 0 Å². The van der Waals surface area contributed by atoms with Crippen LogP contribution in [-0.2, 0) is 0 Å². The van der Waals surface area contributed by atoms with Crippen molar-refractivity contribution in [3.05, 3.63) is 71.8 Å². The predicted molar refractivity (Wildman–Crippen MR) is 110 cm³/mol. The van der Waals surface area contributed by atoms with Gasteiger partial charge in [-0.1, -0.05) is 36.4 Å². The van der Waals surface area contributed by atoms with E-state index in [1.54, 1.807) is 26.0 Å². The molecule has 0 aliphatic carbocycles. The fourth-order valence-corrected chi connectivity index (χ4v) is 4.80. The van der Waals surface area contributed by atoms with Crippen molar-refractivity contribution in [2.24, 2.45) is 0 Å². The number of hydrogen-bond donors (Lipinski definition) is 0. The van der Waals surface area contributed by atoms with E-state index in [0.717, 1.165) is 39.2 Å². The normalized spacial score (nSPS) is 16.5. The van der Waals surface area contributed by atoms with Crippen LogP contribution in [0.4, 0.5) is 0 Å². The van der Waals surface area contributed by atoms with Gasteiger partial charge >= 0.3 is 0 Å². The Morgan fingerprint density at radius 2 is 1.85 bits per heavy atom. The Morgan fingerprint density at radius 1 is 1.04 bits per heavy atom. The van der Waals surface area contributed by atoms with Gasteiger partial charge in [-0.05, 0) is 35.0 Å². The number of carbonyl (C=O) groups is 1. The van der Waals surface area contributed by atoms with Crippen molar-refractivity contribution in [3.63, 3.8) is 0 Å². The Morgan fingerprint density at radius 3 is 2.67 bits per heavy atom. The maximum atomic E-state index is 13.4. The van der Waals surface area contributed by atoms with Crippen molar-refractivity contribution in [2.75, 3.05) is 26.5 Å². The SMILES string of the molecule is COc1ccc(OC)c([C@H]2SCCN2C(=O)c2cccc3ccccc23)c1. The number of amides is 1. The van der Waals surface area contributed by atoms with E-state index >= 15 is 0 Å². The molecule has 3 aromatic rings. The van der Waals surface area contributed by atoms with Crippen LogP contribution in [0.2, 0.25) is 0 Å². The van der Waals surface area contributed by atoms with Crippen LogP contribution in [-0.4, -0.2) is 37.3 Å². The minimum absolute atomic E-state index is 0.0478. The maximum absolute atomic E-state index is 13.4. The third-order valence-corrected chi connectivity index (χ3v) is 6.12. The highest BCUT2D eigenvalue weighted by Gasteiger charge is 2.34. The zero-order valence-electron chi connectivity index (χ0n) is 15.3. The third kappa shape index (κ3) is 3.23. The van der Waals surface area contributed by atoms with Gasteiger partial charge in [0.05, 0.1) is 14.2 Å². The first-order valence-corrected chi connectivity index (χ1v) is 9.90. The first-order valence-electron chi connectivity index (χ1n) is 8.85. The lowest BCUT2D eigenvalue weighted by Crippen LogP contribution is -2.30. The molecule has 3 aromatic carbocycles. The molecule has 138 valence electrons. The van der Waals surface area contributed by atoms with Gasteiger partial charge in [-0.25, -0.2) is 0 Å². The van der Waals surface area contributed by atoms with E-state index in [4.69, 9.17) is 9.47 Å². The number of thioether (sulfide) groups is 1. The van der Waals surface area contributed by atoms with Gasteiger partial charge < -0.3 is 14.4 Å². The Hall–Kier alpha value is -2.66. The largest absolute Gasteiger partial charge is 0.497 e. The number of methoxy groups -OCH3 is 2. The second kappa shape index (κ2) is 7.53. The molecule has 27 heavy (non-hydrogen) atoms. The van der Waals surface area contributed by atoms with Crippen LogP contribution in [0, 0.1) is 0 Å². The summed E-state index contributed by atoms with van der Waals surface area (Å²) < 4.78 is 10.9. The van der Waals surface area contributed by atoms with Crippen LogP contribution in [0.3, 0.4) is 0 Å². The molecular weight excluding hydrogens is 358 g/mol. The standard InChI is InChI=1S/C22H21NO3S/c1-25-16-10-11-20(26-2)19(14-16)22-23(12-13-27-22)21(24)18-9-5-7-15-6-3-4-8-17(15)18/h3-11,14,22H,12-13H2,1-2H3/t22-/m1/s1. The molecule has 1 heterocycles. The molecule has 0 radical (unpaired) electrons. The smallest absolute Gasteiger partial charge is 0.255 e. The lowest BCUT2D eigenvalue weighted by Gasteiger charge is -2.26. The molecule has 4 rings (SSSR count). The molecular formula is C22H21NO3S. The van der Waals surface area contributed by atoms with Gasteiger partial charge in [0.1, 0.15) is 16.9 Å². The van der Waals surface area contributed by atoms with Gasteiger partial charge in [-0.2, -0.15) is 0 Å². The summed E-state index contributed by atoms with van der Waals surface area (Å²) in [5.41, 5.74) is 1.70. The van der Waals surface area contributed by atoms with Crippen molar-refractivity contribution in [3.8, 4) is 11.5 Å². The molecule has 1 saturated heterocycles. The minimum atomic E-state index is -0.0958. The molecule has 1 aliphatic heterocycles. The van der Waals surface area contributed by atoms with E-state index in [-0.39, 0.29) is 11.3 Å². The minimum Gasteiger partial charge on any atom is -0.497 e. The van der Waals surface area contributed by atoms with Crippen LogP contribution in [0.25, 0.3) is 10.8 Å². The molecule has 1 aliphatic rings. The lowest BCUT2D eigenvalue weighted by molar-refractivity contribution is 0.0761. The lowest BCUT2D eigenvalue weighted by atomic mass is 10.0. The van der Waals surface area contributed by atoms with E-state index in [9.17, 15) is 4.79 Å². The molecule has 0 N–H and O–H groups in total. The van der Waals surface area contributed by atoms with Gasteiger partial charge in [0.25, 0.3) is 5.91 Å². The van der Waals surface area contributed by atoms with Crippen molar-refractivity contribution in [1.82, 2.24) is 4.90 Å². The molecule has 0 saturated carbocycles. The topological polar surface area (TPSA) is 38.8 Å². The zero-order chi connectivity index (χ0) is 18.8. The van der Waals surface area contributed by atoms with Crippen molar-refractivity contribution >= 4 is 28.4 Å². The highest BCUT2D eigenvalue weighted by molar-refractivity contribution is 7.99. The van der Waals surface area contributed by atoms with Crippen LogP contribution in [0.5, 0.6) is 11.5 Å². The van der Waals surface area contributed by atoms with Gasteiger partial charge in [-0.15, -0.1) is 11.8 Å². The highest BCUT2D eigenvalue weighted by atomic mass is 32.2. The molecule has 1 atom stereocenters. The summed E-state index contributed by atoms with van der Waals surface area (Å²) >= 11 is 1.75. The Kier molecular flexibility index (Phi) is 4.94. The number of fused-ring (bicyclic) bond motifs is 1. The number of benzene rings is 3. The number of nitrogens with zero attached hydrogens (tertiary/aromatic N) is 1.